The maximum Gasteiger partial charge on any atom is 0.472 e. The smallest absolute Gasteiger partial charge is 0.462 e. The fourth-order valence-corrected chi connectivity index (χ4v) is 7.11. The first-order valence-corrected chi connectivity index (χ1v) is 24.3. The van der Waals surface area contributed by atoms with Gasteiger partial charge in [0.15, 0.2) is 6.10 Å². The van der Waals surface area contributed by atoms with Crippen LogP contribution < -0.4 is 0 Å². The monoisotopic (exact) mass is 817 g/mol. The molecule has 11 heteroatoms. The molecule has 0 saturated heterocycles. The molecule has 0 spiro atoms. The van der Waals surface area contributed by atoms with Crippen molar-refractivity contribution in [3.63, 3.8) is 0 Å². The highest BCUT2D eigenvalue weighted by Gasteiger charge is 2.27. The summed E-state index contributed by atoms with van der Waals surface area (Å²) in [6.45, 7) is 2.37. The van der Waals surface area contributed by atoms with Crippen molar-refractivity contribution in [1.29, 1.82) is 0 Å². The van der Waals surface area contributed by atoms with Crippen LogP contribution in [-0.4, -0.2) is 65.7 Å². The third-order valence-electron chi connectivity index (χ3n) is 9.86. The van der Waals surface area contributed by atoms with Crippen molar-refractivity contribution in [3.05, 3.63) is 24.3 Å². The van der Waals surface area contributed by atoms with Crippen LogP contribution in [0.2, 0.25) is 0 Å². The van der Waals surface area contributed by atoms with Crippen molar-refractivity contribution in [2.75, 3.05) is 26.4 Å². The fourth-order valence-electron chi connectivity index (χ4n) is 6.32. The molecule has 330 valence electrons. The molecule has 0 aromatic rings. The summed E-state index contributed by atoms with van der Waals surface area (Å²) in [6, 6.07) is 0. The van der Waals surface area contributed by atoms with E-state index in [0.717, 1.165) is 57.8 Å². The summed E-state index contributed by atoms with van der Waals surface area (Å²) in [4.78, 5) is 35.0. The molecule has 0 rings (SSSR count). The molecule has 0 aliphatic rings. The summed E-state index contributed by atoms with van der Waals surface area (Å²) in [5.74, 6) is -0.931. The number of hydrogen-bond acceptors (Lipinski definition) is 9. The van der Waals surface area contributed by atoms with Gasteiger partial charge in [-0.15, -0.1) is 0 Å². The second-order valence-electron chi connectivity index (χ2n) is 15.4. The Morgan fingerprint density at radius 2 is 0.929 bits per heavy atom. The maximum absolute atomic E-state index is 12.6. The van der Waals surface area contributed by atoms with Crippen LogP contribution in [0, 0.1) is 0 Å². The maximum atomic E-state index is 12.6. The topological polar surface area (TPSA) is 149 Å². The number of rotatable bonds is 43. The van der Waals surface area contributed by atoms with Gasteiger partial charge in [0.25, 0.3) is 0 Å². The molecule has 3 atom stereocenters. The molecule has 0 heterocycles. The van der Waals surface area contributed by atoms with Crippen LogP contribution in [0.3, 0.4) is 0 Å². The molecule has 1 unspecified atom stereocenters. The van der Waals surface area contributed by atoms with Crippen molar-refractivity contribution < 1.29 is 47.8 Å². The second kappa shape index (κ2) is 41.6. The molecule has 10 nitrogen and oxygen atoms in total. The van der Waals surface area contributed by atoms with E-state index in [1.54, 1.807) is 0 Å². The third-order valence-corrected chi connectivity index (χ3v) is 10.8. The number of phosphoric acid groups is 1. The van der Waals surface area contributed by atoms with Gasteiger partial charge in [-0.1, -0.05) is 179 Å². The largest absolute Gasteiger partial charge is 0.472 e. The van der Waals surface area contributed by atoms with Gasteiger partial charge < -0.3 is 24.6 Å². The van der Waals surface area contributed by atoms with Crippen LogP contribution >= 0.6 is 7.82 Å². The predicted molar refractivity (Wildman–Crippen MR) is 228 cm³/mol. The lowest BCUT2D eigenvalue weighted by atomic mass is 10.0. The van der Waals surface area contributed by atoms with E-state index in [0.29, 0.717) is 12.8 Å². The minimum atomic E-state index is -4.62. The van der Waals surface area contributed by atoms with Crippen LogP contribution in [0.15, 0.2) is 24.3 Å². The van der Waals surface area contributed by atoms with Gasteiger partial charge in [0.2, 0.25) is 0 Å². The zero-order valence-corrected chi connectivity index (χ0v) is 36.8. The molecule has 0 amide bonds. The van der Waals surface area contributed by atoms with Crippen molar-refractivity contribution >= 4 is 19.8 Å². The number of carbonyl (C=O) groups is 2. The molecule has 0 aliphatic heterocycles. The van der Waals surface area contributed by atoms with E-state index >= 15 is 0 Å². The number of ether oxygens (including phenoxy) is 2. The summed E-state index contributed by atoms with van der Waals surface area (Å²) in [5.41, 5.74) is 0. The highest BCUT2D eigenvalue weighted by atomic mass is 31.2. The Balaban J connectivity index is 4.25. The van der Waals surface area contributed by atoms with Gasteiger partial charge in [-0.05, 0) is 44.9 Å². The molecular weight excluding hydrogens is 731 g/mol. The lowest BCUT2D eigenvalue weighted by Gasteiger charge is -2.20. The van der Waals surface area contributed by atoms with Gasteiger partial charge >= 0.3 is 19.8 Å². The summed E-state index contributed by atoms with van der Waals surface area (Å²) in [5, 5.41) is 18.3. The fraction of sp³-hybridized carbons (Fsp3) is 0.867. The SMILES string of the molecule is CCCCC/C=C/C/C=C/CCCCCCCC(=O)OC[C@H](COP(=O)(O)OC[C@@H](O)CO)OC(=O)CCCCCCCCCCCCCCCCCCCC. The molecule has 0 aromatic heterocycles. The van der Waals surface area contributed by atoms with Crippen LogP contribution in [-0.2, 0) is 32.7 Å². The zero-order chi connectivity index (χ0) is 41.2. The third kappa shape index (κ3) is 40.6. The van der Waals surface area contributed by atoms with Gasteiger partial charge in [-0.3, -0.25) is 18.6 Å². The second-order valence-corrected chi connectivity index (χ2v) is 16.9. The molecule has 0 bridgehead atoms. The van der Waals surface area contributed by atoms with Gasteiger partial charge in [-0.2, -0.15) is 0 Å². The molecule has 0 aromatic carbocycles. The van der Waals surface area contributed by atoms with Crippen molar-refractivity contribution in [2.24, 2.45) is 0 Å². The number of aliphatic hydroxyl groups excluding tert-OH is 2. The van der Waals surface area contributed by atoms with Gasteiger partial charge in [0.1, 0.15) is 12.7 Å². The number of carbonyl (C=O) groups excluding carboxylic acids is 2. The van der Waals surface area contributed by atoms with Crippen molar-refractivity contribution in [2.45, 2.75) is 225 Å². The Labute approximate surface area is 342 Å². The first-order valence-electron chi connectivity index (χ1n) is 22.8. The van der Waals surface area contributed by atoms with E-state index in [9.17, 15) is 24.2 Å². The molecule has 0 radical (unpaired) electrons. The first kappa shape index (κ1) is 54.5. The lowest BCUT2D eigenvalue weighted by molar-refractivity contribution is -0.161. The van der Waals surface area contributed by atoms with E-state index < -0.39 is 51.8 Å². The Kier molecular flexibility index (Phi) is 40.5. The highest BCUT2D eigenvalue weighted by Crippen LogP contribution is 2.43. The van der Waals surface area contributed by atoms with Crippen molar-refractivity contribution in [3.8, 4) is 0 Å². The van der Waals surface area contributed by atoms with E-state index in [1.165, 1.54) is 116 Å². The van der Waals surface area contributed by atoms with Gasteiger partial charge in [-0.25, -0.2) is 4.57 Å². The quantitative estimate of drug-likeness (QED) is 0.0235. The van der Waals surface area contributed by atoms with Crippen LogP contribution in [0.1, 0.15) is 213 Å². The Bertz CT molecular complexity index is 988. The van der Waals surface area contributed by atoms with E-state index in [1.807, 2.05) is 0 Å². The highest BCUT2D eigenvalue weighted by molar-refractivity contribution is 7.47. The van der Waals surface area contributed by atoms with Crippen LogP contribution in [0.25, 0.3) is 0 Å². The van der Waals surface area contributed by atoms with Crippen LogP contribution in [0.4, 0.5) is 0 Å². The molecule has 0 fully saturated rings. The Morgan fingerprint density at radius 3 is 1.41 bits per heavy atom. The predicted octanol–water partition coefficient (Wildman–Crippen LogP) is 12.2. The normalized spacial score (nSPS) is 14.0. The molecule has 3 N–H and O–H groups in total. The number of allylic oxidation sites excluding steroid dienone is 4. The number of phosphoric ester groups is 1. The Morgan fingerprint density at radius 1 is 0.536 bits per heavy atom. The molecular formula is C45H85O10P. The van der Waals surface area contributed by atoms with Gasteiger partial charge in [0.05, 0.1) is 19.8 Å². The Hall–Kier alpha value is -1.55. The number of unbranched alkanes of at least 4 members (excludes halogenated alkanes) is 25. The molecule has 0 saturated carbocycles. The van der Waals surface area contributed by atoms with Crippen molar-refractivity contribution in [1.82, 2.24) is 0 Å². The average molecular weight is 817 g/mol. The van der Waals surface area contributed by atoms with E-state index in [2.05, 4.69) is 38.2 Å². The number of aliphatic hydroxyl groups is 2. The average Bonchev–Trinajstić information content (AvgIpc) is 3.19. The molecule has 56 heavy (non-hydrogen) atoms. The lowest BCUT2D eigenvalue weighted by Crippen LogP contribution is -2.29. The first-order chi connectivity index (χ1) is 27.2. The van der Waals surface area contributed by atoms with E-state index in [4.69, 9.17) is 23.6 Å². The number of esters is 2. The van der Waals surface area contributed by atoms with Crippen LogP contribution in [0.5, 0.6) is 0 Å². The summed E-state index contributed by atoms with van der Waals surface area (Å²) in [7, 11) is -4.62. The zero-order valence-electron chi connectivity index (χ0n) is 35.9. The summed E-state index contributed by atoms with van der Waals surface area (Å²) < 4.78 is 32.7. The number of hydrogen-bond donors (Lipinski definition) is 3. The summed E-state index contributed by atoms with van der Waals surface area (Å²) in [6.07, 6.45) is 41.4. The standard InChI is InChI=1S/C45H85O10P/c1-3-5-7-9-11-13-15-17-19-20-21-23-25-27-29-31-33-35-37-45(49)55-43(41-54-56(50,51)53-39-42(47)38-46)40-52-44(48)36-34-32-30-28-26-24-22-18-16-14-12-10-8-6-4-2/h12,14,18,22,42-43,46-47H,3-11,13,15-17,19-21,23-41H2,1-2H3,(H,50,51)/b14-12+,22-18+/t42-,43+/m0/s1. The summed E-state index contributed by atoms with van der Waals surface area (Å²) >= 11 is 0. The minimum absolute atomic E-state index is 0.186. The van der Waals surface area contributed by atoms with E-state index in [-0.39, 0.29) is 19.4 Å². The molecule has 0 aliphatic carbocycles. The minimum Gasteiger partial charge on any atom is -0.462 e. The van der Waals surface area contributed by atoms with Gasteiger partial charge in [0, 0.05) is 12.8 Å².